The van der Waals surface area contributed by atoms with Crippen molar-refractivity contribution in [1.29, 1.82) is 0 Å². The Hall–Kier alpha value is -2.89. The second-order valence-electron chi connectivity index (χ2n) is 10.2. The van der Waals surface area contributed by atoms with Gasteiger partial charge in [-0.25, -0.2) is 22.2 Å². The van der Waals surface area contributed by atoms with Gasteiger partial charge >= 0.3 is 6.09 Å². The van der Waals surface area contributed by atoms with Gasteiger partial charge in [-0.05, 0) is 70.3 Å². The molecule has 200 valence electrons. The van der Waals surface area contributed by atoms with Gasteiger partial charge in [0.25, 0.3) is 10.0 Å². The topological polar surface area (TPSA) is 116 Å². The van der Waals surface area contributed by atoms with Crippen LogP contribution in [-0.2, 0) is 19.5 Å². The summed E-state index contributed by atoms with van der Waals surface area (Å²) in [6.07, 6.45) is 2.45. The molecule has 1 saturated heterocycles. The molecule has 0 bridgehead atoms. The number of amides is 1. The van der Waals surface area contributed by atoms with E-state index in [2.05, 4.69) is 15.3 Å². The number of piperidine rings is 1. The molecule has 12 heteroatoms. The first-order valence-corrected chi connectivity index (χ1v) is 13.8. The fraction of sp³-hybridized carbons (Fsp3) is 0.480. The van der Waals surface area contributed by atoms with Crippen molar-refractivity contribution in [2.75, 3.05) is 25.6 Å². The largest absolute Gasteiger partial charge is 0.444 e. The van der Waals surface area contributed by atoms with Gasteiger partial charge in [-0.2, -0.15) is 4.98 Å². The van der Waals surface area contributed by atoms with Gasteiger partial charge in [0.2, 0.25) is 5.28 Å². The predicted octanol–water partition coefficient (Wildman–Crippen LogP) is 4.46. The molecule has 1 fully saturated rings. The summed E-state index contributed by atoms with van der Waals surface area (Å²) in [5.74, 6) is 0.396. The highest BCUT2D eigenvalue weighted by Crippen LogP contribution is 2.29. The number of ether oxygens (including phenoxy) is 2. The molecule has 0 aliphatic carbocycles. The normalized spacial score (nSPS) is 18.7. The minimum Gasteiger partial charge on any atom is -0.444 e. The van der Waals surface area contributed by atoms with Crippen LogP contribution in [0.2, 0.25) is 5.28 Å². The molecule has 4 rings (SSSR count). The van der Waals surface area contributed by atoms with E-state index in [1.807, 2.05) is 27.7 Å². The number of carbonyl (C=O) groups is 1. The number of likely N-dealkylation sites (tertiary alicyclic amines) is 1. The van der Waals surface area contributed by atoms with Crippen molar-refractivity contribution < 1.29 is 22.7 Å². The molecule has 3 heterocycles. The Morgan fingerprint density at radius 2 is 1.86 bits per heavy atom. The maximum atomic E-state index is 13.3. The van der Waals surface area contributed by atoms with Crippen molar-refractivity contribution >= 4 is 44.6 Å². The van der Waals surface area contributed by atoms with Gasteiger partial charge in [-0.15, -0.1) is 0 Å². The molecule has 1 aromatic carbocycles. The predicted molar refractivity (Wildman–Crippen MR) is 142 cm³/mol. The first-order valence-electron chi connectivity index (χ1n) is 12.0. The summed E-state index contributed by atoms with van der Waals surface area (Å²) in [5, 5.41) is 3.76. The summed E-state index contributed by atoms with van der Waals surface area (Å²) < 4.78 is 38.7. The Morgan fingerprint density at radius 1 is 1.16 bits per heavy atom. The zero-order valence-electron chi connectivity index (χ0n) is 21.6. The van der Waals surface area contributed by atoms with E-state index < -0.39 is 21.7 Å². The average molecular weight is 550 g/mol. The highest BCUT2D eigenvalue weighted by atomic mass is 35.5. The van der Waals surface area contributed by atoms with Gasteiger partial charge in [0.1, 0.15) is 11.4 Å². The first kappa shape index (κ1) is 27.2. The van der Waals surface area contributed by atoms with Crippen LogP contribution in [0.3, 0.4) is 0 Å². The molecule has 0 spiro atoms. The molecule has 10 nitrogen and oxygen atoms in total. The molecular formula is C25H32ClN5O5S. The first-order chi connectivity index (χ1) is 17.4. The van der Waals surface area contributed by atoms with Crippen LogP contribution in [0, 0.1) is 6.92 Å². The summed E-state index contributed by atoms with van der Waals surface area (Å²) in [7, 11) is -2.30. The molecule has 37 heavy (non-hydrogen) atoms. The van der Waals surface area contributed by atoms with Gasteiger partial charge in [-0.1, -0.05) is 17.7 Å². The van der Waals surface area contributed by atoms with Crippen LogP contribution < -0.4 is 5.32 Å². The van der Waals surface area contributed by atoms with Crippen molar-refractivity contribution in [3.8, 4) is 0 Å². The quantitative estimate of drug-likeness (QED) is 0.448. The highest BCUT2D eigenvalue weighted by molar-refractivity contribution is 7.90. The molecule has 2 aromatic heterocycles. The molecule has 1 N–H and O–H groups in total. The third-order valence-electron chi connectivity index (χ3n) is 6.10. The Bertz CT molecular complexity index is 1380. The van der Waals surface area contributed by atoms with Crippen LogP contribution in [0.1, 0.15) is 39.2 Å². The van der Waals surface area contributed by atoms with Crippen molar-refractivity contribution in [3.05, 3.63) is 47.4 Å². The van der Waals surface area contributed by atoms with Gasteiger partial charge in [0.05, 0.1) is 22.9 Å². The Balaban J connectivity index is 1.63. The van der Waals surface area contributed by atoms with E-state index in [9.17, 15) is 13.2 Å². The van der Waals surface area contributed by atoms with Crippen LogP contribution >= 0.6 is 11.6 Å². The molecule has 1 amide bonds. The summed E-state index contributed by atoms with van der Waals surface area (Å²) in [6, 6.07) is 7.94. The third-order valence-corrected chi connectivity index (χ3v) is 7.94. The highest BCUT2D eigenvalue weighted by Gasteiger charge is 2.35. The molecule has 0 radical (unpaired) electrons. The third kappa shape index (κ3) is 6.00. The van der Waals surface area contributed by atoms with E-state index in [0.717, 1.165) is 16.0 Å². The van der Waals surface area contributed by atoms with Crippen LogP contribution in [0.15, 0.2) is 41.4 Å². The number of nitrogens with one attached hydrogen (secondary N) is 1. The average Bonchev–Trinajstić information content (AvgIpc) is 3.24. The number of halogens is 1. The fourth-order valence-electron chi connectivity index (χ4n) is 4.34. The van der Waals surface area contributed by atoms with Crippen molar-refractivity contribution in [2.24, 2.45) is 0 Å². The van der Waals surface area contributed by atoms with Gasteiger partial charge in [-0.3, -0.25) is 0 Å². The summed E-state index contributed by atoms with van der Waals surface area (Å²) in [6.45, 7) is 8.11. The lowest BCUT2D eigenvalue weighted by Gasteiger charge is -2.40. The number of aryl methyl sites for hydroxylation is 1. The zero-order chi connectivity index (χ0) is 27.0. The molecule has 1 aliphatic heterocycles. The number of benzene rings is 1. The number of hydrogen-bond donors (Lipinski definition) is 1. The molecule has 2 atom stereocenters. The molecular weight excluding hydrogens is 518 g/mol. The molecule has 1 aliphatic rings. The number of methoxy groups -OCH3 is 1. The Labute approximate surface area is 222 Å². The fourth-order valence-corrected chi connectivity index (χ4v) is 5.80. The van der Waals surface area contributed by atoms with E-state index >= 15 is 0 Å². The lowest BCUT2D eigenvalue weighted by molar-refractivity contribution is -0.00382. The van der Waals surface area contributed by atoms with E-state index in [1.54, 1.807) is 42.3 Å². The molecule has 3 aromatic rings. The number of anilines is 1. The van der Waals surface area contributed by atoms with E-state index in [1.165, 1.54) is 6.20 Å². The molecule has 0 unspecified atom stereocenters. The smallest absolute Gasteiger partial charge is 0.410 e. The minimum atomic E-state index is -3.90. The van der Waals surface area contributed by atoms with E-state index in [-0.39, 0.29) is 27.9 Å². The minimum absolute atomic E-state index is 0.0916. The van der Waals surface area contributed by atoms with Crippen LogP contribution in [0.5, 0.6) is 0 Å². The number of carbonyl (C=O) groups excluding carboxylic acids is 1. The van der Waals surface area contributed by atoms with Gasteiger partial charge in [0, 0.05) is 25.9 Å². The summed E-state index contributed by atoms with van der Waals surface area (Å²) >= 11 is 6.23. The van der Waals surface area contributed by atoms with Crippen molar-refractivity contribution in [1.82, 2.24) is 18.8 Å². The van der Waals surface area contributed by atoms with Crippen LogP contribution in [0.25, 0.3) is 11.0 Å². The Morgan fingerprint density at radius 3 is 2.51 bits per heavy atom. The van der Waals surface area contributed by atoms with Gasteiger partial charge < -0.3 is 19.7 Å². The summed E-state index contributed by atoms with van der Waals surface area (Å²) in [5.41, 5.74) is 0.488. The lowest BCUT2D eigenvalue weighted by Crippen LogP contribution is -2.53. The maximum Gasteiger partial charge on any atom is 0.410 e. The van der Waals surface area contributed by atoms with Crippen LogP contribution in [0.4, 0.5) is 10.6 Å². The van der Waals surface area contributed by atoms with Crippen molar-refractivity contribution in [2.45, 2.75) is 63.1 Å². The number of rotatable bonds is 6. The summed E-state index contributed by atoms with van der Waals surface area (Å²) in [4.78, 5) is 23.3. The number of nitrogens with zero attached hydrogens (tertiary/aromatic N) is 4. The zero-order valence-corrected chi connectivity index (χ0v) is 23.1. The number of fused-ring (bicyclic) bond motifs is 1. The van der Waals surface area contributed by atoms with E-state index in [0.29, 0.717) is 30.8 Å². The second-order valence-corrected chi connectivity index (χ2v) is 12.3. The maximum absolute atomic E-state index is 13.3. The van der Waals surface area contributed by atoms with E-state index in [4.69, 9.17) is 21.1 Å². The number of aromatic nitrogens is 3. The van der Waals surface area contributed by atoms with Crippen LogP contribution in [-0.4, -0.2) is 71.3 Å². The monoisotopic (exact) mass is 549 g/mol. The van der Waals surface area contributed by atoms with Crippen molar-refractivity contribution in [3.63, 3.8) is 0 Å². The Kier molecular flexibility index (Phi) is 7.68. The van der Waals surface area contributed by atoms with Gasteiger partial charge in [0.15, 0.2) is 5.65 Å². The standard InChI is InChI=1S/C25H32ClN5O5S/c1-16-6-10-19(11-7-16)37(33,34)31-13-12-20-21(28-23(26)29-22(20)31)27-17-8-9-18(15-35-5)30(14-17)24(32)36-25(2,3)4/h6-7,10-13,17-18H,8-9,14-15H2,1-5H3,(H,27,28,29)/t17-,18-/m0/s1. The lowest BCUT2D eigenvalue weighted by atomic mass is 9.99. The number of hydrogen-bond acceptors (Lipinski definition) is 8. The molecule has 0 saturated carbocycles. The SMILES string of the molecule is COC[C@@H]1CC[C@H](Nc2nc(Cl)nc3c2ccn3S(=O)(=O)c2ccc(C)cc2)CN1C(=O)OC(C)(C)C. The second kappa shape index (κ2) is 10.5.